The average Bonchev–Trinajstić information content (AvgIpc) is 2.60. The Morgan fingerprint density at radius 1 is 1.04 bits per heavy atom. The minimum Gasteiger partial charge on any atom is -0.354 e. The number of carbonyl (C=O) groups is 2. The first kappa shape index (κ1) is 20.7. The van der Waals surface area contributed by atoms with Gasteiger partial charge in [0.2, 0.25) is 0 Å². The molecule has 1 aromatic heterocycles. The Kier molecular flexibility index (Phi) is 5.24. The van der Waals surface area contributed by atoms with Gasteiger partial charge in [0.25, 0.3) is 0 Å². The smallest absolute Gasteiger partial charge is 0.179 e. The second-order valence-corrected chi connectivity index (χ2v) is 8.71. The highest BCUT2D eigenvalue weighted by molar-refractivity contribution is 6.29. The summed E-state index contributed by atoms with van der Waals surface area (Å²) in [5.74, 6) is -1.24. The number of ketones is 2. The molecular weight excluding hydrogens is 374 g/mol. The van der Waals surface area contributed by atoms with E-state index in [-0.39, 0.29) is 11.6 Å². The Hall–Kier alpha value is -2.04. The zero-order chi connectivity index (χ0) is 20.9. The molecule has 0 aliphatic carbocycles. The van der Waals surface area contributed by atoms with Crippen LogP contribution in [0, 0.1) is 6.92 Å². The number of aromatic nitrogens is 1. The summed E-state index contributed by atoms with van der Waals surface area (Å²) < 4.78 is 5.83. The van der Waals surface area contributed by atoms with E-state index in [2.05, 4.69) is 4.98 Å². The van der Waals surface area contributed by atoms with Gasteiger partial charge in [-0.05, 0) is 75.9 Å². The fraction of sp³-hybridized carbons (Fsp3) is 0.435. The molecule has 1 aliphatic rings. The molecule has 2 heterocycles. The minimum absolute atomic E-state index is 0.199. The molecule has 1 aliphatic heterocycles. The molecule has 5 heteroatoms. The van der Waals surface area contributed by atoms with Crippen molar-refractivity contribution in [2.75, 3.05) is 0 Å². The van der Waals surface area contributed by atoms with Gasteiger partial charge in [-0.1, -0.05) is 30.7 Å². The van der Waals surface area contributed by atoms with Crippen LogP contribution in [0.25, 0.3) is 11.1 Å². The second-order valence-electron chi connectivity index (χ2n) is 8.32. The first-order valence-corrected chi connectivity index (χ1v) is 9.91. The van der Waals surface area contributed by atoms with Crippen LogP contribution in [0.5, 0.6) is 0 Å². The van der Waals surface area contributed by atoms with Crippen molar-refractivity contribution in [2.24, 2.45) is 0 Å². The number of hydrogen-bond acceptors (Lipinski definition) is 4. The van der Waals surface area contributed by atoms with Gasteiger partial charge in [0.15, 0.2) is 11.6 Å². The van der Waals surface area contributed by atoms with Gasteiger partial charge in [-0.25, -0.2) is 4.98 Å². The van der Waals surface area contributed by atoms with Crippen LogP contribution < -0.4 is 0 Å². The van der Waals surface area contributed by atoms with E-state index in [1.165, 1.54) is 0 Å². The molecule has 0 saturated carbocycles. The molecule has 0 unspecified atom stereocenters. The van der Waals surface area contributed by atoms with Gasteiger partial charge in [-0.3, -0.25) is 9.59 Å². The molecule has 0 atom stereocenters. The van der Waals surface area contributed by atoms with Gasteiger partial charge in [-0.2, -0.15) is 0 Å². The minimum atomic E-state index is -1.03. The Bertz CT molecular complexity index is 936. The van der Waals surface area contributed by atoms with E-state index in [4.69, 9.17) is 16.3 Å². The monoisotopic (exact) mass is 399 g/mol. The van der Waals surface area contributed by atoms with E-state index >= 15 is 0 Å². The van der Waals surface area contributed by atoms with Crippen LogP contribution in [0.3, 0.4) is 0 Å². The molecular formula is C23H26ClNO3. The highest BCUT2D eigenvalue weighted by Gasteiger charge is 2.53. The number of rotatable bonds is 3. The van der Waals surface area contributed by atoms with Crippen LogP contribution in [0.1, 0.15) is 57.4 Å². The number of aryl methyl sites for hydroxylation is 2. The molecule has 4 nitrogen and oxygen atoms in total. The Balaban J connectivity index is 2.19. The summed E-state index contributed by atoms with van der Waals surface area (Å²) in [5, 5.41) is 0.435. The van der Waals surface area contributed by atoms with E-state index in [9.17, 15) is 9.59 Å². The topological polar surface area (TPSA) is 56.3 Å². The van der Waals surface area contributed by atoms with Crippen molar-refractivity contribution < 1.29 is 14.3 Å². The summed E-state index contributed by atoms with van der Waals surface area (Å²) in [6, 6.07) is 9.61. The predicted molar refractivity (Wildman–Crippen MR) is 111 cm³/mol. The Labute approximate surface area is 171 Å². The number of halogens is 1. The molecule has 3 rings (SSSR count). The van der Waals surface area contributed by atoms with Crippen molar-refractivity contribution in [3.63, 3.8) is 0 Å². The SMILES string of the molecule is CCc1ccc(-c2ccc(Cl)nc2C)cc1C1C(=O)C(C)(C)OC(C)(C)C1=O. The lowest BCUT2D eigenvalue weighted by molar-refractivity contribution is -0.184. The quantitative estimate of drug-likeness (QED) is 0.533. The molecule has 28 heavy (non-hydrogen) atoms. The molecule has 0 N–H and O–H groups in total. The van der Waals surface area contributed by atoms with Crippen LogP contribution in [0.4, 0.5) is 0 Å². The summed E-state index contributed by atoms with van der Waals surface area (Å²) >= 11 is 5.99. The Morgan fingerprint density at radius 2 is 1.64 bits per heavy atom. The molecule has 1 fully saturated rings. The summed E-state index contributed by atoms with van der Waals surface area (Å²) in [5.41, 5.74) is 2.34. The lowest BCUT2D eigenvalue weighted by Crippen LogP contribution is -2.58. The largest absolute Gasteiger partial charge is 0.354 e. The van der Waals surface area contributed by atoms with Gasteiger partial charge in [0.1, 0.15) is 22.3 Å². The average molecular weight is 400 g/mol. The van der Waals surface area contributed by atoms with Crippen LogP contribution >= 0.6 is 11.6 Å². The number of benzene rings is 1. The van der Waals surface area contributed by atoms with Crippen molar-refractivity contribution in [1.82, 2.24) is 4.98 Å². The normalized spacial score (nSPS) is 19.1. The number of ether oxygens (including phenoxy) is 1. The lowest BCUT2D eigenvalue weighted by Gasteiger charge is -2.43. The molecule has 0 bridgehead atoms. The van der Waals surface area contributed by atoms with Crippen molar-refractivity contribution >= 4 is 23.2 Å². The third-order valence-electron chi connectivity index (χ3n) is 5.42. The molecule has 0 radical (unpaired) electrons. The third-order valence-corrected chi connectivity index (χ3v) is 5.63. The third kappa shape index (κ3) is 3.51. The molecule has 2 aromatic rings. The summed E-state index contributed by atoms with van der Waals surface area (Å²) in [4.78, 5) is 30.7. The summed E-state index contributed by atoms with van der Waals surface area (Å²) in [6.07, 6.45) is 0.728. The van der Waals surface area contributed by atoms with E-state index < -0.39 is 17.1 Å². The highest BCUT2D eigenvalue weighted by atomic mass is 35.5. The molecule has 148 valence electrons. The van der Waals surface area contributed by atoms with E-state index in [0.29, 0.717) is 5.15 Å². The molecule has 1 aromatic carbocycles. The van der Waals surface area contributed by atoms with Gasteiger partial charge < -0.3 is 4.74 Å². The highest BCUT2D eigenvalue weighted by Crippen LogP contribution is 2.40. The fourth-order valence-electron chi connectivity index (χ4n) is 4.02. The maximum atomic E-state index is 13.2. The molecule has 0 spiro atoms. The number of hydrogen-bond donors (Lipinski definition) is 0. The maximum Gasteiger partial charge on any atom is 0.179 e. The summed E-state index contributed by atoms with van der Waals surface area (Å²) in [7, 11) is 0. The number of carbonyl (C=O) groups excluding carboxylic acids is 2. The van der Waals surface area contributed by atoms with Gasteiger partial charge in [0, 0.05) is 11.3 Å². The van der Waals surface area contributed by atoms with Crippen LogP contribution in [0.2, 0.25) is 5.15 Å². The molecule has 1 saturated heterocycles. The van der Waals surface area contributed by atoms with Gasteiger partial charge in [0.05, 0.1) is 0 Å². The first-order chi connectivity index (χ1) is 13.0. The predicted octanol–water partition coefficient (Wildman–Crippen LogP) is 5.08. The van der Waals surface area contributed by atoms with E-state index in [1.54, 1.807) is 33.8 Å². The number of nitrogens with zero attached hydrogens (tertiary/aromatic N) is 1. The lowest BCUT2D eigenvalue weighted by atomic mass is 9.73. The van der Waals surface area contributed by atoms with E-state index in [1.807, 2.05) is 38.1 Å². The van der Waals surface area contributed by atoms with Crippen LogP contribution in [0.15, 0.2) is 30.3 Å². The zero-order valence-electron chi connectivity index (χ0n) is 17.2. The number of pyridine rings is 1. The van der Waals surface area contributed by atoms with Crippen molar-refractivity contribution in [1.29, 1.82) is 0 Å². The molecule has 0 amide bonds. The zero-order valence-corrected chi connectivity index (χ0v) is 18.0. The van der Waals surface area contributed by atoms with E-state index in [0.717, 1.165) is 34.4 Å². The van der Waals surface area contributed by atoms with Gasteiger partial charge >= 0.3 is 0 Å². The maximum absolute atomic E-state index is 13.2. The fourth-order valence-corrected chi connectivity index (χ4v) is 4.21. The van der Waals surface area contributed by atoms with Crippen molar-refractivity contribution in [3.8, 4) is 11.1 Å². The first-order valence-electron chi connectivity index (χ1n) is 9.53. The van der Waals surface area contributed by atoms with Crippen molar-refractivity contribution in [3.05, 3.63) is 52.3 Å². The van der Waals surface area contributed by atoms with Gasteiger partial charge in [-0.15, -0.1) is 0 Å². The van der Waals surface area contributed by atoms with Crippen LogP contribution in [-0.2, 0) is 20.7 Å². The number of Topliss-reactive ketones (excluding diaryl/α,β-unsaturated/α-hetero) is 2. The summed E-state index contributed by atoms with van der Waals surface area (Å²) in [6.45, 7) is 10.9. The Morgan fingerprint density at radius 3 is 2.18 bits per heavy atom. The van der Waals surface area contributed by atoms with Crippen LogP contribution in [-0.4, -0.2) is 27.8 Å². The van der Waals surface area contributed by atoms with Crippen molar-refractivity contribution in [2.45, 2.75) is 65.1 Å². The standard InChI is InChI=1S/C23H26ClNO3/c1-7-14-8-9-15(16-10-11-18(24)25-13(16)2)12-17(14)19-20(26)22(3,4)28-23(5,6)21(19)27/h8-12,19H,7H2,1-6H3. The second kappa shape index (κ2) is 7.09.